The van der Waals surface area contributed by atoms with Gasteiger partial charge in [-0.15, -0.1) is 0 Å². The maximum atomic E-state index is 12.1. The molecule has 25 heavy (non-hydrogen) atoms. The maximum absolute atomic E-state index is 12.1. The van der Waals surface area contributed by atoms with Gasteiger partial charge in [-0.05, 0) is 26.0 Å². The average molecular weight is 346 g/mol. The number of carbonyl (C=O) groups excluding carboxylic acids is 2. The highest BCUT2D eigenvalue weighted by molar-refractivity contribution is 5.98. The number of hydrogen-bond acceptors (Lipinski definition) is 7. The number of carbonyl (C=O) groups is 2. The molecule has 1 aliphatic heterocycles. The van der Waals surface area contributed by atoms with Crippen LogP contribution >= 0.6 is 0 Å². The summed E-state index contributed by atoms with van der Waals surface area (Å²) in [6, 6.07) is 5.83. The topological polar surface area (TPSA) is 99.0 Å². The van der Waals surface area contributed by atoms with Crippen molar-refractivity contribution in [2.24, 2.45) is 0 Å². The van der Waals surface area contributed by atoms with Crippen molar-refractivity contribution in [3.63, 3.8) is 0 Å². The molecule has 1 heterocycles. The van der Waals surface area contributed by atoms with E-state index in [9.17, 15) is 19.7 Å². The Balaban J connectivity index is 2.59. The van der Waals surface area contributed by atoms with Gasteiger partial charge in [0.25, 0.3) is 5.69 Å². The van der Waals surface area contributed by atoms with Crippen LogP contribution in [0.3, 0.4) is 0 Å². The van der Waals surface area contributed by atoms with E-state index in [-0.39, 0.29) is 12.1 Å². The van der Waals surface area contributed by atoms with Crippen molar-refractivity contribution in [1.29, 1.82) is 0 Å². The van der Waals surface area contributed by atoms with Crippen LogP contribution in [0.2, 0.25) is 0 Å². The predicted octanol–water partition coefficient (Wildman–Crippen LogP) is 2.70. The summed E-state index contributed by atoms with van der Waals surface area (Å²) >= 11 is 0. The summed E-state index contributed by atoms with van der Waals surface area (Å²) in [5.74, 6) is -1.09. The molecule has 0 atom stereocenters. The van der Waals surface area contributed by atoms with Crippen LogP contribution < -0.4 is 4.90 Å². The number of nitro groups is 1. The molecule has 0 fully saturated rings. The minimum Gasteiger partial charge on any atom is -0.466 e. The molecule has 1 aromatic carbocycles. The molecule has 1 aliphatic rings. The molecule has 132 valence electrons. The number of non-ortho nitro benzene ring substituents is 1. The Hall–Kier alpha value is -3.16. The van der Waals surface area contributed by atoms with Crippen molar-refractivity contribution in [3.05, 3.63) is 56.9 Å². The second-order valence-corrected chi connectivity index (χ2v) is 5.40. The minimum atomic E-state index is -0.543. The number of nitro benzene ring substituents is 1. The number of anilines is 1. The van der Waals surface area contributed by atoms with E-state index < -0.39 is 16.9 Å². The van der Waals surface area contributed by atoms with Crippen LogP contribution in [0, 0.1) is 10.1 Å². The Labute approximate surface area is 144 Å². The molecule has 1 aromatic rings. The predicted molar refractivity (Wildman–Crippen MR) is 89.6 cm³/mol. The van der Waals surface area contributed by atoms with Gasteiger partial charge >= 0.3 is 11.9 Å². The van der Waals surface area contributed by atoms with Crippen LogP contribution in [0.4, 0.5) is 11.4 Å². The summed E-state index contributed by atoms with van der Waals surface area (Å²) in [6.45, 7) is 3.45. The van der Waals surface area contributed by atoms with E-state index in [4.69, 9.17) is 9.47 Å². The molecule has 0 saturated heterocycles. The standard InChI is InChI=1S/C17H18N2O6/c1-10-14(16(20)24-3)9-15(17(21)25-4)11(2)18(10)12-5-7-13(8-6-12)19(22)23/h5-8H,9H2,1-4H3. The highest BCUT2D eigenvalue weighted by Gasteiger charge is 2.31. The van der Waals surface area contributed by atoms with Gasteiger partial charge in [-0.3, -0.25) is 10.1 Å². The highest BCUT2D eigenvalue weighted by Crippen LogP contribution is 2.36. The largest absolute Gasteiger partial charge is 0.466 e. The number of benzene rings is 1. The van der Waals surface area contributed by atoms with Gasteiger partial charge in [-0.2, -0.15) is 0 Å². The van der Waals surface area contributed by atoms with Crippen LogP contribution in [-0.2, 0) is 19.1 Å². The lowest BCUT2D eigenvalue weighted by Gasteiger charge is -2.33. The van der Waals surface area contributed by atoms with Crippen molar-refractivity contribution in [2.75, 3.05) is 19.1 Å². The molecule has 8 nitrogen and oxygen atoms in total. The fourth-order valence-electron chi connectivity index (χ4n) is 2.75. The number of ether oxygens (including phenoxy) is 2. The molecule has 0 saturated carbocycles. The first-order valence-corrected chi connectivity index (χ1v) is 7.42. The summed E-state index contributed by atoms with van der Waals surface area (Å²) in [7, 11) is 2.53. The van der Waals surface area contributed by atoms with Gasteiger partial charge in [0.1, 0.15) is 0 Å². The summed E-state index contributed by atoms with van der Waals surface area (Å²) in [5.41, 5.74) is 2.36. The van der Waals surface area contributed by atoms with Crippen LogP contribution in [0.1, 0.15) is 20.3 Å². The number of rotatable bonds is 4. The molecule has 0 bridgehead atoms. The number of nitrogens with zero attached hydrogens (tertiary/aromatic N) is 2. The zero-order valence-electron chi connectivity index (χ0n) is 14.4. The minimum absolute atomic E-state index is 0.0505. The van der Waals surface area contributed by atoms with Crippen molar-refractivity contribution >= 4 is 23.3 Å². The number of hydrogen-bond donors (Lipinski definition) is 0. The summed E-state index contributed by atoms with van der Waals surface area (Å²) < 4.78 is 9.61. The molecule has 8 heteroatoms. The first kappa shape index (κ1) is 18.2. The molecule has 0 N–H and O–H groups in total. The van der Waals surface area contributed by atoms with E-state index in [2.05, 4.69) is 0 Å². The van der Waals surface area contributed by atoms with Crippen molar-refractivity contribution in [3.8, 4) is 0 Å². The van der Waals surface area contributed by atoms with E-state index in [1.807, 2.05) is 0 Å². The monoisotopic (exact) mass is 346 g/mol. The molecule has 0 spiro atoms. The Morgan fingerprint density at radius 1 is 1.00 bits per heavy atom. The smallest absolute Gasteiger partial charge is 0.335 e. The van der Waals surface area contributed by atoms with Crippen LogP contribution in [0.5, 0.6) is 0 Å². The van der Waals surface area contributed by atoms with Gasteiger partial charge in [-0.1, -0.05) is 0 Å². The molecule has 0 unspecified atom stereocenters. The van der Waals surface area contributed by atoms with Crippen LogP contribution in [0.15, 0.2) is 46.8 Å². The first-order chi connectivity index (χ1) is 11.8. The fourth-order valence-corrected chi connectivity index (χ4v) is 2.75. The third kappa shape index (κ3) is 3.37. The second-order valence-electron chi connectivity index (χ2n) is 5.40. The normalized spacial score (nSPS) is 14.5. The summed E-state index contributed by atoms with van der Waals surface area (Å²) in [5, 5.41) is 10.8. The summed E-state index contributed by atoms with van der Waals surface area (Å²) in [4.78, 5) is 36.2. The molecular formula is C17H18N2O6. The third-order valence-corrected chi connectivity index (χ3v) is 4.08. The lowest BCUT2D eigenvalue weighted by Crippen LogP contribution is -2.30. The van der Waals surface area contributed by atoms with Crippen molar-refractivity contribution in [2.45, 2.75) is 20.3 Å². The van der Waals surface area contributed by atoms with E-state index in [0.29, 0.717) is 28.2 Å². The molecule has 0 aliphatic carbocycles. The zero-order chi connectivity index (χ0) is 18.7. The SMILES string of the molecule is COC(=O)C1=C(C)N(c2ccc([N+](=O)[O-])cc2)C(C)=C(C(=O)OC)C1. The number of esters is 2. The Bertz CT molecular complexity index is 754. The molecule has 0 aromatic heterocycles. The summed E-state index contributed by atoms with van der Waals surface area (Å²) in [6.07, 6.45) is 0.0977. The Kier molecular flexibility index (Phi) is 5.21. The van der Waals surface area contributed by atoms with Gasteiger partial charge in [0.05, 0.1) is 30.3 Å². The van der Waals surface area contributed by atoms with Crippen LogP contribution in [0.25, 0.3) is 0 Å². The van der Waals surface area contributed by atoms with E-state index in [1.54, 1.807) is 30.9 Å². The zero-order valence-corrected chi connectivity index (χ0v) is 14.4. The second kappa shape index (κ2) is 7.16. The Morgan fingerprint density at radius 2 is 1.44 bits per heavy atom. The molecule has 2 rings (SSSR count). The maximum Gasteiger partial charge on any atom is 0.335 e. The van der Waals surface area contributed by atoms with Gasteiger partial charge in [0.15, 0.2) is 0 Å². The first-order valence-electron chi connectivity index (χ1n) is 7.42. The molecule has 0 radical (unpaired) electrons. The fraction of sp³-hybridized carbons (Fsp3) is 0.294. The molecule has 0 amide bonds. The van der Waals surface area contributed by atoms with Gasteiger partial charge in [-0.25, -0.2) is 9.59 Å². The van der Waals surface area contributed by atoms with Gasteiger partial charge in [0, 0.05) is 35.6 Å². The van der Waals surface area contributed by atoms with Gasteiger partial charge < -0.3 is 14.4 Å². The van der Waals surface area contributed by atoms with E-state index in [1.165, 1.54) is 26.4 Å². The lowest BCUT2D eigenvalue weighted by atomic mass is 9.96. The third-order valence-electron chi connectivity index (χ3n) is 4.08. The van der Waals surface area contributed by atoms with Crippen molar-refractivity contribution < 1.29 is 24.0 Å². The molecular weight excluding hydrogens is 328 g/mol. The van der Waals surface area contributed by atoms with E-state index in [0.717, 1.165) is 0 Å². The van der Waals surface area contributed by atoms with E-state index >= 15 is 0 Å². The average Bonchev–Trinajstić information content (AvgIpc) is 2.61. The van der Waals surface area contributed by atoms with Crippen LogP contribution in [-0.4, -0.2) is 31.1 Å². The number of methoxy groups -OCH3 is 2. The quantitative estimate of drug-likeness (QED) is 0.469. The van der Waals surface area contributed by atoms with Gasteiger partial charge in [0.2, 0.25) is 0 Å². The lowest BCUT2D eigenvalue weighted by molar-refractivity contribution is -0.384. The number of allylic oxidation sites excluding steroid dienone is 2. The van der Waals surface area contributed by atoms with Crippen molar-refractivity contribution in [1.82, 2.24) is 0 Å². The Morgan fingerprint density at radius 3 is 1.80 bits per heavy atom. The highest BCUT2D eigenvalue weighted by atomic mass is 16.6.